The predicted octanol–water partition coefficient (Wildman–Crippen LogP) is 1.83. The van der Waals surface area contributed by atoms with Crippen molar-refractivity contribution in [3.63, 3.8) is 0 Å². The molecule has 1 heterocycles. The quantitative estimate of drug-likeness (QED) is 0.386. The van der Waals surface area contributed by atoms with E-state index >= 15 is 0 Å². The molecule has 0 aliphatic rings. The average molecular weight is 439 g/mol. The third kappa shape index (κ3) is 7.95. The van der Waals surface area contributed by atoms with Gasteiger partial charge in [-0.2, -0.15) is 11.3 Å². The Morgan fingerprint density at radius 3 is 2.50 bits per heavy atom. The van der Waals surface area contributed by atoms with Gasteiger partial charge in [-0.3, -0.25) is 19.2 Å². The molecule has 0 fully saturated rings. The van der Waals surface area contributed by atoms with Crippen molar-refractivity contribution in [2.75, 3.05) is 25.0 Å². The molecular weight excluding hydrogens is 420 g/mol. The van der Waals surface area contributed by atoms with Crippen molar-refractivity contribution in [2.24, 2.45) is 0 Å². The summed E-state index contributed by atoms with van der Waals surface area (Å²) < 4.78 is 30.7. The second kappa shape index (κ2) is 11.6. The largest absolute Gasteiger partial charge is 0.456 e. The summed E-state index contributed by atoms with van der Waals surface area (Å²) in [5, 5.41) is 10.7. The Morgan fingerprint density at radius 2 is 1.80 bits per heavy atom. The van der Waals surface area contributed by atoms with Crippen LogP contribution in [0.5, 0.6) is 0 Å². The van der Waals surface area contributed by atoms with Gasteiger partial charge < -0.3 is 20.7 Å². The molecule has 1 aromatic carbocycles. The van der Waals surface area contributed by atoms with Crippen molar-refractivity contribution in [2.45, 2.75) is 12.8 Å². The molecule has 0 saturated carbocycles. The summed E-state index contributed by atoms with van der Waals surface area (Å²) in [6, 6.07) is 4.52. The molecule has 3 amide bonds. The Balaban J connectivity index is 1.56. The van der Waals surface area contributed by atoms with E-state index in [1.54, 1.807) is 16.8 Å². The fourth-order valence-electron chi connectivity index (χ4n) is 2.16. The van der Waals surface area contributed by atoms with E-state index in [0.29, 0.717) is 12.0 Å². The minimum Gasteiger partial charge on any atom is -0.456 e. The minimum atomic E-state index is -1.12. The summed E-state index contributed by atoms with van der Waals surface area (Å²) in [6.45, 7) is -0.733. The summed E-state index contributed by atoms with van der Waals surface area (Å²) in [5.41, 5.74) is 0.582. The molecular formula is C19H19F2N3O5S. The van der Waals surface area contributed by atoms with Gasteiger partial charge in [0.15, 0.2) is 18.2 Å². The van der Waals surface area contributed by atoms with Gasteiger partial charge in [0.1, 0.15) is 0 Å². The first-order chi connectivity index (χ1) is 14.3. The number of amides is 3. The minimum absolute atomic E-state index is 0.00775. The van der Waals surface area contributed by atoms with E-state index < -0.39 is 42.6 Å². The van der Waals surface area contributed by atoms with Crippen molar-refractivity contribution in [1.82, 2.24) is 10.6 Å². The summed E-state index contributed by atoms with van der Waals surface area (Å²) in [4.78, 5) is 46.6. The Kier molecular flexibility index (Phi) is 8.88. The van der Waals surface area contributed by atoms with E-state index in [9.17, 15) is 28.0 Å². The molecule has 30 heavy (non-hydrogen) atoms. The number of benzene rings is 1. The van der Waals surface area contributed by atoms with Crippen LogP contribution in [0.4, 0.5) is 14.5 Å². The van der Waals surface area contributed by atoms with Crippen LogP contribution in [0.3, 0.4) is 0 Å². The number of halogens is 2. The lowest BCUT2D eigenvalue weighted by Gasteiger charge is -2.08. The molecule has 8 nitrogen and oxygen atoms in total. The number of nitrogens with one attached hydrogen (secondary N) is 3. The van der Waals surface area contributed by atoms with Crippen LogP contribution in [-0.4, -0.2) is 43.4 Å². The van der Waals surface area contributed by atoms with E-state index in [1.807, 2.05) is 0 Å². The zero-order chi connectivity index (χ0) is 21.9. The number of anilines is 1. The molecule has 1 aromatic heterocycles. The molecule has 11 heteroatoms. The Bertz CT molecular complexity index is 906. The second-order valence-electron chi connectivity index (χ2n) is 5.99. The predicted molar refractivity (Wildman–Crippen MR) is 105 cm³/mol. The molecule has 0 spiro atoms. The average Bonchev–Trinajstić information content (AvgIpc) is 3.25. The van der Waals surface area contributed by atoms with Crippen LogP contribution < -0.4 is 16.0 Å². The zero-order valence-electron chi connectivity index (χ0n) is 15.7. The number of carbonyl (C=O) groups is 4. The van der Waals surface area contributed by atoms with Crippen LogP contribution in [0.15, 0.2) is 35.0 Å². The highest BCUT2D eigenvalue weighted by Crippen LogP contribution is 2.12. The maximum Gasteiger partial charge on any atom is 0.306 e. The molecule has 0 radical (unpaired) electrons. The fraction of sp³-hybridized carbons (Fsp3) is 0.263. The Labute approximate surface area is 174 Å². The second-order valence-corrected chi connectivity index (χ2v) is 6.77. The lowest BCUT2D eigenvalue weighted by atomic mass is 10.3. The van der Waals surface area contributed by atoms with Gasteiger partial charge in [0.2, 0.25) is 5.91 Å². The van der Waals surface area contributed by atoms with Crippen molar-refractivity contribution in [3.8, 4) is 0 Å². The molecule has 0 aliphatic carbocycles. The fourth-order valence-corrected chi connectivity index (χ4v) is 2.79. The number of hydrogen-bond acceptors (Lipinski definition) is 6. The molecule has 0 unspecified atom stereocenters. The van der Waals surface area contributed by atoms with Gasteiger partial charge in [0.05, 0.1) is 6.54 Å². The molecule has 2 aromatic rings. The van der Waals surface area contributed by atoms with E-state index in [1.165, 1.54) is 17.4 Å². The first-order valence-corrected chi connectivity index (χ1v) is 9.77. The standard InChI is InChI=1S/C19H19F2N3O5S/c20-14-4-3-13(8-15(14)21)24-16(25)9-23-17(26)10-29-18(27)2-1-6-22-19(28)12-5-7-30-11-12/h3-5,7-8,11H,1-2,6,9-10H2,(H,22,28)(H,23,26)(H,24,25). The molecule has 3 N–H and O–H groups in total. The Hall–Kier alpha value is -3.34. The Morgan fingerprint density at radius 1 is 1.00 bits per heavy atom. The van der Waals surface area contributed by atoms with Crippen LogP contribution in [0.2, 0.25) is 0 Å². The van der Waals surface area contributed by atoms with Gasteiger partial charge in [-0.25, -0.2) is 8.78 Å². The monoisotopic (exact) mass is 439 g/mol. The van der Waals surface area contributed by atoms with Crippen molar-refractivity contribution >= 4 is 40.7 Å². The number of esters is 1. The van der Waals surface area contributed by atoms with E-state index in [-0.39, 0.29) is 24.6 Å². The first-order valence-electron chi connectivity index (χ1n) is 8.83. The lowest BCUT2D eigenvalue weighted by molar-refractivity contribution is -0.148. The van der Waals surface area contributed by atoms with Gasteiger partial charge in [0, 0.05) is 35.7 Å². The zero-order valence-corrected chi connectivity index (χ0v) is 16.5. The normalized spacial score (nSPS) is 10.2. The van der Waals surface area contributed by atoms with E-state index in [2.05, 4.69) is 16.0 Å². The molecule has 160 valence electrons. The van der Waals surface area contributed by atoms with Gasteiger partial charge in [-0.15, -0.1) is 0 Å². The lowest BCUT2D eigenvalue weighted by Crippen LogP contribution is -2.35. The summed E-state index contributed by atoms with van der Waals surface area (Å²) in [7, 11) is 0. The maximum atomic E-state index is 13.1. The number of ether oxygens (including phenoxy) is 1. The maximum absolute atomic E-state index is 13.1. The number of hydrogen-bond donors (Lipinski definition) is 3. The van der Waals surface area contributed by atoms with Crippen molar-refractivity contribution in [1.29, 1.82) is 0 Å². The van der Waals surface area contributed by atoms with Gasteiger partial charge in [-0.1, -0.05) is 0 Å². The summed E-state index contributed by atoms with van der Waals surface area (Å²) in [6.07, 6.45) is 0.348. The summed E-state index contributed by atoms with van der Waals surface area (Å²) >= 11 is 1.40. The third-order valence-corrected chi connectivity index (χ3v) is 4.32. The van der Waals surface area contributed by atoms with Gasteiger partial charge in [-0.05, 0) is 30.0 Å². The molecule has 0 aliphatic heterocycles. The first kappa shape index (κ1) is 22.9. The van der Waals surface area contributed by atoms with E-state index in [4.69, 9.17) is 4.74 Å². The highest BCUT2D eigenvalue weighted by molar-refractivity contribution is 7.08. The number of thiophene rings is 1. The van der Waals surface area contributed by atoms with Crippen molar-refractivity contribution in [3.05, 3.63) is 52.2 Å². The number of carbonyl (C=O) groups excluding carboxylic acids is 4. The molecule has 0 saturated heterocycles. The van der Waals surface area contributed by atoms with Crippen LogP contribution in [0, 0.1) is 11.6 Å². The summed E-state index contributed by atoms with van der Waals surface area (Å²) in [5.74, 6) is -4.38. The highest BCUT2D eigenvalue weighted by atomic mass is 32.1. The van der Waals surface area contributed by atoms with Gasteiger partial charge in [0.25, 0.3) is 11.8 Å². The van der Waals surface area contributed by atoms with Crippen molar-refractivity contribution < 1.29 is 32.7 Å². The molecule has 0 atom stereocenters. The van der Waals surface area contributed by atoms with Crippen LogP contribution in [0.1, 0.15) is 23.2 Å². The molecule has 0 bridgehead atoms. The number of rotatable bonds is 10. The molecule has 2 rings (SSSR count). The topological polar surface area (TPSA) is 114 Å². The van der Waals surface area contributed by atoms with Crippen LogP contribution in [-0.2, 0) is 19.1 Å². The smallest absolute Gasteiger partial charge is 0.306 e. The SMILES string of the molecule is O=C(COC(=O)CCCNC(=O)c1ccsc1)NCC(=O)Nc1ccc(F)c(F)c1. The van der Waals surface area contributed by atoms with Crippen LogP contribution >= 0.6 is 11.3 Å². The van der Waals surface area contributed by atoms with Gasteiger partial charge >= 0.3 is 5.97 Å². The third-order valence-electron chi connectivity index (χ3n) is 3.64. The highest BCUT2D eigenvalue weighted by Gasteiger charge is 2.11. The van der Waals surface area contributed by atoms with E-state index in [0.717, 1.165) is 12.1 Å². The van der Waals surface area contributed by atoms with Crippen LogP contribution in [0.25, 0.3) is 0 Å².